The van der Waals surface area contributed by atoms with Gasteiger partial charge in [0.15, 0.2) is 0 Å². The summed E-state index contributed by atoms with van der Waals surface area (Å²) < 4.78 is 0. The first-order valence-corrected chi connectivity index (χ1v) is 8.25. The molecule has 1 amide bonds. The first-order valence-electron chi connectivity index (χ1n) is 8.25. The molecule has 0 bridgehead atoms. The zero-order valence-electron chi connectivity index (χ0n) is 13.7. The van der Waals surface area contributed by atoms with Crippen LogP contribution in [0, 0.1) is 17.8 Å². The zero-order chi connectivity index (χ0) is 16.2. The van der Waals surface area contributed by atoms with E-state index >= 15 is 0 Å². The Balaban J connectivity index is 2.13. The topological polar surface area (TPSA) is 20.3 Å². The maximum absolute atomic E-state index is 13.1. The lowest BCUT2D eigenvalue weighted by atomic mass is 9.98. The molecule has 0 fully saturated rings. The van der Waals surface area contributed by atoms with Gasteiger partial charge in [0.1, 0.15) is 0 Å². The lowest BCUT2D eigenvalue weighted by Crippen LogP contribution is -2.36. The third-order valence-corrected chi connectivity index (χ3v) is 4.47. The van der Waals surface area contributed by atoms with Gasteiger partial charge in [0, 0.05) is 17.0 Å². The average molecular weight is 303 g/mol. The summed E-state index contributed by atoms with van der Waals surface area (Å²) in [7, 11) is 0. The number of rotatable bonds is 3. The summed E-state index contributed by atoms with van der Waals surface area (Å²) in [4.78, 5) is 15.0. The number of hydrogen-bond acceptors (Lipinski definition) is 1. The summed E-state index contributed by atoms with van der Waals surface area (Å²) in [5, 5.41) is 0. The van der Waals surface area contributed by atoms with E-state index in [1.807, 2.05) is 47.4 Å². The first kappa shape index (κ1) is 15.4. The van der Waals surface area contributed by atoms with Crippen LogP contribution < -0.4 is 4.90 Å². The van der Waals surface area contributed by atoms with Crippen molar-refractivity contribution in [1.29, 1.82) is 0 Å². The molecule has 2 heteroatoms. The van der Waals surface area contributed by atoms with E-state index in [0.717, 1.165) is 35.2 Å². The number of amides is 1. The van der Waals surface area contributed by atoms with E-state index in [4.69, 9.17) is 0 Å². The molecule has 0 aromatic heterocycles. The Morgan fingerprint density at radius 3 is 2.35 bits per heavy atom. The van der Waals surface area contributed by atoms with E-state index in [1.165, 1.54) is 0 Å². The van der Waals surface area contributed by atoms with E-state index in [-0.39, 0.29) is 11.8 Å². The minimum absolute atomic E-state index is 0.0580. The molecular weight excluding hydrogens is 282 g/mol. The van der Waals surface area contributed by atoms with Gasteiger partial charge in [-0.2, -0.15) is 0 Å². The van der Waals surface area contributed by atoms with Crippen molar-refractivity contribution in [3.05, 3.63) is 65.2 Å². The number of benzene rings is 2. The van der Waals surface area contributed by atoms with Crippen LogP contribution in [0.2, 0.25) is 0 Å². The van der Waals surface area contributed by atoms with Gasteiger partial charge in [-0.1, -0.05) is 56.0 Å². The van der Waals surface area contributed by atoms with Crippen LogP contribution in [0.3, 0.4) is 0 Å². The first-order chi connectivity index (χ1) is 11.2. The number of para-hydroxylation sites is 1. The lowest BCUT2D eigenvalue weighted by Gasteiger charge is -2.29. The molecule has 0 N–H and O–H groups in total. The fourth-order valence-electron chi connectivity index (χ4n) is 3.04. The van der Waals surface area contributed by atoms with Crippen molar-refractivity contribution >= 4 is 11.6 Å². The fraction of sp³-hybridized carbons (Fsp3) is 0.286. The summed E-state index contributed by atoms with van der Waals surface area (Å²) in [6.45, 7) is 4.74. The molecule has 116 valence electrons. The minimum Gasteiger partial charge on any atom is -0.306 e. The quantitative estimate of drug-likeness (QED) is 0.771. The number of hydrogen-bond donors (Lipinski definition) is 0. The molecule has 0 saturated heterocycles. The molecular formula is C21H21NO. The number of nitrogens with zero attached hydrogens (tertiary/aromatic N) is 1. The van der Waals surface area contributed by atoms with Crippen LogP contribution in [0.1, 0.15) is 43.4 Å². The average Bonchev–Trinajstić information content (AvgIpc) is 2.58. The van der Waals surface area contributed by atoms with Crippen molar-refractivity contribution in [2.24, 2.45) is 5.92 Å². The van der Waals surface area contributed by atoms with Gasteiger partial charge < -0.3 is 4.90 Å². The van der Waals surface area contributed by atoms with Crippen LogP contribution >= 0.6 is 0 Å². The van der Waals surface area contributed by atoms with Gasteiger partial charge in [-0.3, -0.25) is 4.79 Å². The lowest BCUT2D eigenvalue weighted by molar-refractivity contribution is -0.122. The van der Waals surface area contributed by atoms with E-state index < -0.39 is 0 Å². The monoisotopic (exact) mass is 303 g/mol. The van der Waals surface area contributed by atoms with Crippen molar-refractivity contribution < 1.29 is 4.79 Å². The SMILES string of the molecule is CCC(CC)C(=O)N1Cc2ccccc2C#Cc2ccccc21. The summed E-state index contributed by atoms with van der Waals surface area (Å²) in [5.41, 5.74) is 3.95. The molecule has 0 radical (unpaired) electrons. The Kier molecular flexibility index (Phi) is 4.48. The number of carbonyl (C=O) groups is 1. The molecule has 0 unspecified atom stereocenters. The molecule has 0 aliphatic carbocycles. The van der Waals surface area contributed by atoms with Crippen molar-refractivity contribution in [2.75, 3.05) is 4.90 Å². The molecule has 3 rings (SSSR count). The van der Waals surface area contributed by atoms with Crippen molar-refractivity contribution in [3.8, 4) is 11.8 Å². The van der Waals surface area contributed by atoms with Crippen molar-refractivity contribution in [1.82, 2.24) is 0 Å². The van der Waals surface area contributed by atoms with Crippen LogP contribution in [0.15, 0.2) is 48.5 Å². The van der Waals surface area contributed by atoms with E-state index in [2.05, 4.69) is 31.8 Å². The molecule has 23 heavy (non-hydrogen) atoms. The second-order valence-electron chi connectivity index (χ2n) is 5.86. The standard InChI is InChI=1S/C21H21NO/c1-3-16(4-2)21(23)22-15-19-11-6-5-9-17(19)13-14-18-10-7-8-12-20(18)22/h5-12,16H,3-4,15H2,1-2H3. The predicted molar refractivity (Wildman–Crippen MR) is 94.1 cm³/mol. The third-order valence-electron chi connectivity index (χ3n) is 4.47. The minimum atomic E-state index is 0.0580. The highest BCUT2D eigenvalue weighted by atomic mass is 16.2. The Labute approximate surface area is 138 Å². The molecule has 1 heterocycles. The van der Waals surface area contributed by atoms with Crippen LogP contribution in [0.25, 0.3) is 0 Å². The zero-order valence-corrected chi connectivity index (χ0v) is 13.7. The molecule has 2 aromatic rings. The number of carbonyl (C=O) groups excluding carboxylic acids is 1. The molecule has 0 atom stereocenters. The molecule has 0 saturated carbocycles. The Morgan fingerprint density at radius 1 is 1.00 bits per heavy atom. The van der Waals surface area contributed by atoms with Gasteiger partial charge in [0.25, 0.3) is 0 Å². The van der Waals surface area contributed by atoms with Crippen molar-refractivity contribution in [3.63, 3.8) is 0 Å². The summed E-state index contributed by atoms with van der Waals surface area (Å²) in [6, 6.07) is 16.0. The maximum atomic E-state index is 13.1. The van der Waals surface area contributed by atoms with Crippen LogP contribution in [0.5, 0.6) is 0 Å². The molecule has 2 nitrogen and oxygen atoms in total. The van der Waals surface area contributed by atoms with Crippen LogP contribution in [-0.4, -0.2) is 5.91 Å². The van der Waals surface area contributed by atoms with E-state index in [1.54, 1.807) is 0 Å². The van der Waals surface area contributed by atoms with Gasteiger partial charge >= 0.3 is 0 Å². The third kappa shape index (κ3) is 3.00. The number of fused-ring (bicyclic) bond motifs is 2. The second kappa shape index (κ2) is 6.71. The van der Waals surface area contributed by atoms with Gasteiger partial charge in [0.2, 0.25) is 5.91 Å². The van der Waals surface area contributed by atoms with Crippen LogP contribution in [0.4, 0.5) is 5.69 Å². The van der Waals surface area contributed by atoms with Gasteiger partial charge in [-0.25, -0.2) is 0 Å². The van der Waals surface area contributed by atoms with E-state index in [9.17, 15) is 4.79 Å². The highest BCUT2D eigenvalue weighted by Crippen LogP contribution is 2.27. The summed E-state index contributed by atoms with van der Waals surface area (Å²) >= 11 is 0. The maximum Gasteiger partial charge on any atom is 0.230 e. The molecule has 0 spiro atoms. The molecule has 1 aliphatic rings. The smallest absolute Gasteiger partial charge is 0.230 e. The second-order valence-corrected chi connectivity index (χ2v) is 5.86. The fourth-order valence-corrected chi connectivity index (χ4v) is 3.04. The Morgan fingerprint density at radius 2 is 1.61 bits per heavy atom. The van der Waals surface area contributed by atoms with Crippen molar-refractivity contribution in [2.45, 2.75) is 33.2 Å². The predicted octanol–water partition coefficient (Wildman–Crippen LogP) is 4.37. The summed E-state index contributed by atoms with van der Waals surface area (Å²) in [6.07, 6.45) is 1.72. The van der Waals surface area contributed by atoms with Gasteiger partial charge in [-0.05, 0) is 36.6 Å². The van der Waals surface area contributed by atoms with Gasteiger partial charge in [0.05, 0.1) is 12.2 Å². The van der Waals surface area contributed by atoms with E-state index in [0.29, 0.717) is 6.54 Å². The Hall–Kier alpha value is -2.53. The Bertz CT molecular complexity index is 778. The normalized spacial score (nSPS) is 12.6. The highest BCUT2D eigenvalue weighted by Gasteiger charge is 2.25. The van der Waals surface area contributed by atoms with Crippen LogP contribution in [-0.2, 0) is 11.3 Å². The highest BCUT2D eigenvalue weighted by molar-refractivity contribution is 5.96. The molecule has 1 aliphatic heterocycles. The number of anilines is 1. The summed E-state index contributed by atoms with van der Waals surface area (Å²) in [5.74, 6) is 6.74. The van der Waals surface area contributed by atoms with Gasteiger partial charge in [-0.15, -0.1) is 0 Å². The molecule has 2 aromatic carbocycles. The largest absolute Gasteiger partial charge is 0.306 e.